The molecule has 5 aromatic rings. The third-order valence-corrected chi connectivity index (χ3v) is 6.04. The maximum atomic E-state index is 13.4. The summed E-state index contributed by atoms with van der Waals surface area (Å²) in [5.74, 6) is -0.539. The number of methoxy groups -OCH3 is 1. The number of rotatable bonds is 6. The monoisotopic (exact) mass is 522 g/mol. The first-order valence-electron chi connectivity index (χ1n) is 11.7. The van der Waals surface area contributed by atoms with Gasteiger partial charge >= 0.3 is 0 Å². The summed E-state index contributed by atoms with van der Waals surface area (Å²) in [4.78, 5) is 44.4. The molecule has 0 spiro atoms. The minimum atomic E-state index is -0.650. The number of aromatic amines is 1. The first-order chi connectivity index (χ1) is 18.7. The van der Waals surface area contributed by atoms with Crippen molar-refractivity contribution in [3.8, 4) is 11.5 Å². The molecular weight excluding hydrogens is 500 g/mol. The molecule has 11 nitrogen and oxygen atoms in total. The molecule has 4 aromatic carbocycles. The molecule has 0 fully saturated rings. The fraction of sp³-hybridized carbons (Fsp3) is 0.0714. The van der Waals surface area contributed by atoms with Crippen molar-refractivity contribution in [2.75, 3.05) is 12.4 Å². The van der Waals surface area contributed by atoms with Gasteiger partial charge in [0.05, 0.1) is 18.0 Å². The van der Waals surface area contributed by atoms with Gasteiger partial charge in [0.25, 0.3) is 11.5 Å². The second-order valence-electron chi connectivity index (χ2n) is 8.63. The quantitative estimate of drug-likeness (QED) is 0.232. The summed E-state index contributed by atoms with van der Waals surface area (Å²) in [6.07, 6.45) is 0. The van der Waals surface area contributed by atoms with Crippen molar-refractivity contribution in [3.63, 3.8) is 0 Å². The molecule has 2 amide bonds. The predicted octanol–water partition coefficient (Wildman–Crippen LogP) is 4.87. The zero-order chi connectivity index (χ0) is 27.7. The van der Waals surface area contributed by atoms with Crippen molar-refractivity contribution in [1.29, 1.82) is 0 Å². The van der Waals surface area contributed by atoms with Crippen LogP contribution in [-0.2, 0) is 0 Å². The van der Waals surface area contributed by atoms with Gasteiger partial charge in [0.15, 0.2) is 0 Å². The lowest BCUT2D eigenvalue weighted by Crippen LogP contribution is -2.14. The van der Waals surface area contributed by atoms with E-state index in [2.05, 4.69) is 25.5 Å². The maximum absolute atomic E-state index is 13.4. The van der Waals surface area contributed by atoms with E-state index >= 15 is 0 Å². The number of phenolic OH excluding ortho intramolecular Hbond substituents is 1. The van der Waals surface area contributed by atoms with Crippen molar-refractivity contribution >= 4 is 50.6 Å². The van der Waals surface area contributed by atoms with Crippen molar-refractivity contribution in [1.82, 2.24) is 9.97 Å². The summed E-state index contributed by atoms with van der Waals surface area (Å²) in [6.45, 7) is 1.69. The Hall–Kier alpha value is -5.58. The number of aryl methyl sites for hydroxylation is 1. The summed E-state index contributed by atoms with van der Waals surface area (Å²) < 4.78 is 5.30. The second-order valence-corrected chi connectivity index (χ2v) is 8.63. The first-order valence-corrected chi connectivity index (χ1v) is 11.7. The highest BCUT2D eigenvalue weighted by Crippen LogP contribution is 2.39. The van der Waals surface area contributed by atoms with Crippen LogP contribution >= 0.6 is 0 Å². The lowest BCUT2D eigenvalue weighted by Gasteiger charge is -2.11. The first kappa shape index (κ1) is 25.1. The topological polar surface area (TPSA) is 172 Å². The van der Waals surface area contributed by atoms with Crippen molar-refractivity contribution in [2.24, 2.45) is 16.0 Å². The van der Waals surface area contributed by atoms with Crippen LogP contribution in [0.3, 0.4) is 0 Å². The molecule has 1 aromatic heterocycles. The van der Waals surface area contributed by atoms with Gasteiger partial charge in [-0.05, 0) is 60.8 Å². The van der Waals surface area contributed by atoms with Gasteiger partial charge in [0.1, 0.15) is 28.7 Å². The van der Waals surface area contributed by atoms with Crippen LogP contribution in [0.4, 0.5) is 17.1 Å². The van der Waals surface area contributed by atoms with E-state index in [1.807, 2.05) is 0 Å². The molecule has 0 radical (unpaired) electrons. The summed E-state index contributed by atoms with van der Waals surface area (Å²) in [6, 6.07) is 17.4. The number of azo groups is 1. The lowest BCUT2D eigenvalue weighted by atomic mass is 10.0. The highest BCUT2D eigenvalue weighted by molar-refractivity contribution is 6.16. The number of primary amides is 1. The number of anilines is 1. The zero-order valence-corrected chi connectivity index (χ0v) is 20.9. The number of carbonyl (C=O) groups excluding carboxylic acids is 2. The summed E-state index contributed by atoms with van der Waals surface area (Å²) in [7, 11) is 1.44. The number of ether oxygens (including phenoxy) is 1. The fourth-order valence-electron chi connectivity index (χ4n) is 4.20. The van der Waals surface area contributed by atoms with Gasteiger partial charge in [-0.2, -0.15) is 0 Å². The molecule has 0 atom stereocenters. The van der Waals surface area contributed by atoms with Crippen molar-refractivity contribution in [3.05, 3.63) is 94.0 Å². The van der Waals surface area contributed by atoms with Crippen LogP contribution < -0.4 is 21.3 Å². The zero-order valence-electron chi connectivity index (χ0n) is 20.9. The fourth-order valence-corrected chi connectivity index (χ4v) is 4.20. The largest absolute Gasteiger partial charge is 0.506 e. The third-order valence-electron chi connectivity index (χ3n) is 6.04. The van der Waals surface area contributed by atoms with Gasteiger partial charge in [-0.1, -0.05) is 18.2 Å². The number of nitrogens with two attached hydrogens (primary N) is 1. The number of H-pyrrole nitrogens is 1. The number of aromatic hydroxyl groups is 1. The van der Waals surface area contributed by atoms with Gasteiger partial charge in [0.2, 0.25) is 5.91 Å². The van der Waals surface area contributed by atoms with E-state index in [-0.39, 0.29) is 33.8 Å². The van der Waals surface area contributed by atoms with E-state index in [0.29, 0.717) is 38.9 Å². The molecule has 0 bridgehead atoms. The van der Waals surface area contributed by atoms with Crippen molar-refractivity contribution in [2.45, 2.75) is 6.92 Å². The molecule has 11 heteroatoms. The van der Waals surface area contributed by atoms with Crippen LogP contribution in [0.25, 0.3) is 21.7 Å². The van der Waals surface area contributed by atoms with Crippen LogP contribution in [0.1, 0.15) is 26.5 Å². The minimum absolute atomic E-state index is 0.0411. The standard InChI is InChI=1S/C28H22N6O5/c1-14-30-20-9-8-17(13-19(20)28(38)31-14)32-27(37)18-5-3-4-15-6-10-22(35)25(24(15)18)34-33-21-12-16(26(29)36)7-11-23(21)39-2/h3-13,35H,1-2H3,(H2,29,36)(H,32,37)(H,30,31,38). The van der Waals surface area contributed by atoms with Crippen LogP contribution in [0.2, 0.25) is 0 Å². The number of fused-ring (bicyclic) bond motifs is 2. The number of nitrogens with one attached hydrogen (secondary N) is 2. The Morgan fingerprint density at radius 3 is 2.64 bits per heavy atom. The van der Waals surface area contributed by atoms with Crippen LogP contribution in [0.5, 0.6) is 11.5 Å². The normalized spacial score (nSPS) is 11.2. The van der Waals surface area contributed by atoms with Crippen LogP contribution in [0.15, 0.2) is 81.8 Å². The molecular formula is C28H22N6O5. The maximum Gasteiger partial charge on any atom is 0.258 e. The molecule has 5 rings (SSSR count). The Kier molecular flexibility index (Phi) is 6.47. The number of benzene rings is 4. The molecule has 0 saturated carbocycles. The number of nitrogens with zero attached hydrogens (tertiary/aromatic N) is 3. The average molecular weight is 523 g/mol. The lowest BCUT2D eigenvalue weighted by molar-refractivity contribution is 0.0997. The molecule has 39 heavy (non-hydrogen) atoms. The summed E-state index contributed by atoms with van der Waals surface area (Å²) in [5.41, 5.74) is 6.62. The minimum Gasteiger partial charge on any atom is -0.506 e. The highest BCUT2D eigenvalue weighted by Gasteiger charge is 2.17. The summed E-state index contributed by atoms with van der Waals surface area (Å²) >= 11 is 0. The Morgan fingerprint density at radius 1 is 1.05 bits per heavy atom. The molecule has 5 N–H and O–H groups in total. The SMILES string of the molecule is COc1ccc(C(N)=O)cc1N=Nc1c(O)ccc2cccc(C(=O)Nc3ccc4nc(C)[nH]c(=O)c4c3)c12. The van der Waals surface area contributed by atoms with Crippen LogP contribution in [-0.4, -0.2) is 34.0 Å². The number of amides is 2. The van der Waals surface area contributed by atoms with E-state index in [0.717, 1.165) is 0 Å². The Morgan fingerprint density at radius 2 is 1.87 bits per heavy atom. The number of aromatic nitrogens is 2. The van der Waals surface area contributed by atoms with E-state index in [1.165, 1.54) is 31.4 Å². The van der Waals surface area contributed by atoms with Gasteiger partial charge in [0, 0.05) is 22.2 Å². The molecule has 0 saturated heterocycles. The van der Waals surface area contributed by atoms with E-state index in [1.54, 1.807) is 49.4 Å². The number of hydrogen-bond donors (Lipinski definition) is 4. The Balaban J connectivity index is 1.57. The molecule has 0 aliphatic heterocycles. The second kappa shape index (κ2) is 10.1. The van der Waals surface area contributed by atoms with Gasteiger partial charge < -0.3 is 25.9 Å². The van der Waals surface area contributed by atoms with E-state index in [4.69, 9.17) is 10.5 Å². The highest BCUT2D eigenvalue weighted by atomic mass is 16.5. The number of carbonyl (C=O) groups is 2. The third kappa shape index (κ3) is 4.88. The predicted molar refractivity (Wildman–Crippen MR) is 146 cm³/mol. The Bertz CT molecular complexity index is 1880. The van der Waals surface area contributed by atoms with Crippen LogP contribution in [0, 0.1) is 6.92 Å². The summed E-state index contributed by atoms with van der Waals surface area (Å²) in [5, 5.41) is 23.2. The molecule has 0 aliphatic carbocycles. The van der Waals surface area contributed by atoms with Gasteiger partial charge in [-0.3, -0.25) is 14.4 Å². The smallest absolute Gasteiger partial charge is 0.258 e. The van der Waals surface area contributed by atoms with E-state index < -0.39 is 11.8 Å². The number of phenols is 1. The molecule has 1 heterocycles. The van der Waals surface area contributed by atoms with Gasteiger partial charge in [-0.15, -0.1) is 10.2 Å². The average Bonchev–Trinajstić information content (AvgIpc) is 2.92. The Labute approximate surface area is 221 Å². The van der Waals surface area contributed by atoms with E-state index in [9.17, 15) is 19.5 Å². The molecule has 0 aliphatic rings. The molecule has 194 valence electrons. The van der Waals surface area contributed by atoms with Gasteiger partial charge in [-0.25, -0.2) is 4.98 Å². The molecule has 0 unspecified atom stereocenters. The van der Waals surface area contributed by atoms with Crippen molar-refractivity contribution < 1.29 is 19.4 Å². The number of hydrogen-bond acceptors (Lipinski definition) is 8.